The summed E-state index contributed by atoms with van der Waals surface area (Å²) in [7, 11) is 1.68. The largest absolute Gasteiger partial charge is 0.478 e. The number of urea groups is 1. The molecule has 0 spiro atoms. The summed E-state index contributed by atoms with van der Waals surface area (Å²) < 4.78 is 14.9. The second-order valence-electron chi connectivity index (χ2n) is 4.11. The molecule has 0 bridgehead atoms. The number of aryl methyl sites for hydroxylation is 1. The van der Waals surface area contributed by atoms with Gasteiger partial charge in [0.2, 0.25) is 0 Å². The molecular formula is C12H12FN5O3. The molecule has 2 aromatic rings. The summed E-state index contributed by atoms with van der Waals surface area (Å²) in [5, 5.41) is 17.6. The van der Waals surface area contributed by atoms with Crippen LogP contribution in [0.2, 0.25) is 0 Å². The van der Waals surface area contributed by atoms with Crippen LogP contribution in [0.4, 0.5) is 14.9 Å². The molecule has 8 nitrogen and oxygen atoms in total. The minimum atomic E-state index is -1.46. The number of carbonyl (C=O) groups excluding carboxylic acids is 1. The van der Waals surface area contributed by atoms with E-state index in [4.69, 9.17) is 5.11 Å². The highest BCUT2D eigenvalue weighted by atomic mass is 19.1. The number of halogens is 1. The molecule has 9 heteroatoms. The van der Waals surface area contributed by atoms with E-state index >= 15 is 0 Å². The highest BCUT2D eigenvalue weighted by Crippen LogP contribution is 2.18. The van der Waals surface area contributed by atoms with Gasteiger partial charge in [-0.05, 0) is 12.1 Å². The number of nitrogens with zero attached hydrogens (tertiary/aromatic N) is 3. The Morgan fingerprint density at radius 1 is 1.43 bits per heavy atom. The number of aromatic nitrogens is 3. The van der Waals surface area contributed by atoms with E-state index in [-0.39, 0.29) is 12.2 Å². The number of hydrogen-bond acceptors (Lipinski definition) is 4. The predicted molar refractivity (Wildman–Crippen MR) is 70.2 cm³/mol. The highest BCUT2D eigenvalue weighted by Gasteiger charge is 2.17. The summed E-state index contributed by atoms with van der Waals surface area (Å²) in [6.45, 7) is 0.0599. The first-order valence-corrected chi connectivity index (χ1v) is 5.88. The normalized spacial score (nSPS) is 10.2. The van der Waals surface area contributed by atoms with Crippen LogP contribution in [0, 0.1) is 5.82 Å². The van der Waals surface area contributed by atoms with Gasteiger partial charge in [-0.3, -0.25) is 4.68 Å². The van der Waals surface area contributed by atoms with E-state index in [1.165, 1.54) is 23.1 Å². The van der Waals surface area contributed by atoms with Crippen molar-refractivity contribution < 1.29 is 19.1 Å². The topological polar surface area (TPSA) is 109 Å². The fraction of sp³-hybridized carbons (Fsp3) is 0.167. The molecule has 0 radical (unpaired) electrons. The van der Waals surface area contributed by atoms with E-state index in [9.17, 15) is 14.0 Å². The molecule has 1 heterocycles. The van der Waals surface area contributed by atoms with Crippen molar-refractivity contribution in [3.05, 3.63) is 41.7 Å². The van der Waals surface area contributed by atoms with Gasteiger partial charge >= 0.3 is 12.0 Å². The van der Waals surface area contributed by atoms with Crippen molar-refractivity contribution in [1.29, 1.82) is 0 Å². The SMILES string of the molecule is Cn1cnc(CNC(=O)Nc2cccc(F)c2C(=O)O)n1. The Kier molecular flexibility index (Phi) is 4.12. The first-order valence-electron chi connectivity index (χ1n) is 5.88. The van der Waals surface area contributed by atoms with Gasteiger partial charge in [-0.1, -0.05) is 6.07 Å². The maximum absolute atomic E-state index is 13.4. The van der Waals surface area contributed by atoms with Crippen LogP contribution in [0.25, 0.3) is 0 Å². The van der Waals surface area contributed by atoms with E-state index in [1.54, 1.807) is 7.05 Å². The lowest BCUT2D eigenvalue weighted by molar-refractivity contribution is 0.0693. The van der Waals surface area contributed by atoms with E-state index in [1.807, 2.05) is 0 Å². The number of carboxylic acid groups (broad SMARTS) is 1. The molecule has 1 aromatic heterocycles. The van der Waals surface area contributed by atoms with Crippen molar-refractivity contribution in [2.24, 2.45) is 7.05 Å². The van der Waals surface area contributed by atoms with Gasteiger partial charge in [-0.15, -0.1) is 0 Å². The quantitative estimate of drug-likeness (QED) is 0.778. The molecule has 0 aliphatic rings. The molecule has 1 aromatic carbocycles. The molecule has 0 fully saturated rings. The number of amides is 2. The van der Waals surface area contributed by atoms with Crippen LogP contribution in [-0.2, 0) is 13.6 Å². The maximum Gasteiger partial charge on any atom is 0.340 e. The average molecular weight is 293 g/mol. The van der Waals surface area contributed by atoms with Crippen LogP contribution in [0.3, 0.4) is 0 Å². The molecule has 0 aliphatic heterocycles. The molecule has 3 N–H and O–H groups in total. The van der Waals surface area contributed by atoms with Crippen molar-refractivity contribution in [2.45, 2.75) is 6.54 Å². The molecular weight excluding hydrogens is 281 g/mol. The van der Waals surface area contributed by atoms with Crippen molar-refractivity contribution in [1.82, 2.24) is 20.1 Å². The van der Waals surface area contributed by atoms with Gasteiger partial charge in [0.1, 0.15) is 17.7 Å². The van der Waals surface area contributed by atoms with Crippen LogP contribution < -0.4 is 10.6 Å². The summed E-state index contributed by atoms with van der Waals surface area (Å²) in [5.41, 5.74) is -0.724. The average Bonchev–Trinajstić information content (AvgIpc) is 2.82. The lowest BCUT2D eigenvalue weighted by Gasteiger charge is -2.09. The van der Waals surface area contributed by atoms with Crippen LogP contribution in [0.15, 0.2) is 24.5 Å². The summed E-state index contributed by atoms with van der Waals surface area (Å²) in [4.78, 5) is 26.6. The fourth-order valence-electron chi connectivity index (χ4n) is 1.64. The number of carboxylic acids is 1. The van der Waals surface area contributed by atoms with E-state index in [0.29, 0.717) is 5.82 Å². The van der Waals surface area contributed by atoms with Crippen molar-refractivity contribution in [3.8, 4) is 0 Å². The molecule has 2 rings (SSSR count). The Balaban J connectivity index is 2.03. The maximum atomic E-state index is 13.4. The third kappa shape index (κ3) is 3.53. The molecule has 2 amide bonds. The predicted octanol–water partition coefficient (Wildman–Crippen LogP) is 0.974. The Hall–Kier alpha value is -2.97. The molecule has 0 saturated carbocycles. The Morgan fingerprint density at radius 3 is 2.81 bits per heavy atom. The lowest BCUT2D eigenvalue weighted by Crippen LogP contribution is -2.29. The molecule has 0 saturated heterocycles. The molecule has 21 heavy (non-hydrogen) atoms. The zero-order chi connectivity index (χ0) is 15.4. The second kappa shape index (κ2) is 5.99. The molecule has 110 valence electrons. The van der Waals surface area contributed by atoms with Crippen LogP contribution in [-0.4, -0.2) is 31.9 Å². The Morgan fingerprint density at radius 2 is 2.19 bits per heavy atom. The minimum Gasteiger partial charge on any atom is -0.478 e. The third-order valence-electron chi connectivity index (χ3n) is 2.53. The zero-order valence-electron chi connectivity index (χ0n) is 11.0. The number of benzene rings is 1. The lowest BCUT2D eigenvalue weighted by atomic mass is 10.1. The summed E-state index contributed by atoms with van der Waals surface area (Å²) in [6, 6.07) is 2.92. The Bertz CT molecular complexity index is 685. The van der Waals surface area contributed by atoms with Gasteiger partial charge in [0, 0.05) is 7.05 Å². The standard InChI is InChI=1S/C12H12FN5O3/c1-18-6-15-9(17-18)5-14-12(21)16-8-4-2-3-7(13)10(8)11(19)20/h2-4,6H,5H2,1H3,(H,19,20)(H2,14,16,21). The monoisotopic (exact) mass is 293 g/mol. The van der Waals surface area contributed by atoms with Crippen molar-refractivity contribution in [3.63, 3.8) is 0 Å². The Labute approximate surface area is 118 Å². The highest BCUT2D eigenvalue weighted by molar-refractivity contribution is 6.00. The summed E-state index contributed by atoms with van der Waals surface area (Å²) in [5.74, 6) is -1.99. The first-order chi connectivity index (χ1) is 9.97. The second-order valence-corrected chi connectivity index (χ2v) is 4.11. The smallest absolute Gasteiger partial charge is 0.340 e. The molecule has 0 unspecified atom stereocenters. The van der Waals surface area contributed by atoms with Gasteiger partial charge in [0.25, 0.3) is 0 Å². The zero-order valence-corrected chi connectivity index (χ0v) is 11.0. The minimum absolute atomic E-state index is 0.0599. The van der Waals surface area contributed by atoms with Crippen LogP contribution in [0.5, 0.6) is 0 Å². The van der Waals surface area contributed by atoms with Crippen molar-refractivity contribution >= 4 is 17.7 Å². The first kappa shape index (κ1) is 14.4. The summed E-state index contributed by atoms with van der Waals surface area (Å²) >= 11 is 0. The van der Waals surface area contributed by atoms with E-state index in [0.717, 1.165) is 6.07 Å². The van der Waals surface area contributed by atoms with Gasteiger partial charge < -0.3 is 15.7 Å². The number of aromatic carboxylic acids is 1. The number of rotatable bonds is 4. The fourth-order valence-corrected chi connectivity index (χ4v) is 1.64. The number of anilines is 1. The van der Waals surface area contributed by atoms with Crippen LogP contribution in [0.1, 0.15) is 16.2 Å². The number of hydrogen-bond donors (Lipinski definition) is 3. The molecule has 0 aliphatic carbocycles. The third-order valence-corrected chi connectivity index (χ3v) is 2.53. The van der Waals surface area contributed by atoms with E-state index < -0.39 is 23.4 Å². The molecule has 0 atom stereocenters. The summed E-state index contributed by atoms with van der Waals surface area (Å²) in [6.07, 6.45) is 1.48. The number of nitrogens with one attached hydrogen (secondary N) is 2. The van der Waals surface area contributed by atoms with Crippen LogP contribution >= 0.6 is 0 Å². The van der Waals surface area contributed by atoms with E-state index in [2.05, 4.69) is 20.7 Å². The van der Waals surface area contributed by atoms with Gasteiger partial charge in [0.15, 0.2) is 5.82 Å². The number of carbonyl (C=O) groups is 2. The van der Waals surface area contributed by atoms with Gasteiger partial charge in [-0.25, -0.2) is 19.0 Å². The van der Waals surface area contributed by atoms with Crippen molar-refractivity contribution in [2.75, 3.05) is 5.32 Å². The van der Waals surface area contributed by atoms with Gasteiger partial charge in [-0.2, -0.15) is 5.10 Å². The van der Waals surface area contributed by atoms with Gasteiger partial charge in [0.05, 0.1) is 12.2 Å².